The van der Waals surface area contributed by atoms with Gasteiger partial charge >= 0.3 is 0 Å². The molecule has 0 saturated carbocycles. The van der Waals surface area contributed by atoms with Crippen LogP contribution in [0.4, 0.5) is 5.69 Å². The zero-order valence-electron chi connectivity index (χ0n) is 18.9. The van der Waals surface area contributed by atoms with Gasteiger partial charge in [-0.1, -0.05) is 70.9 Å². The number of carbonyl (C=O) groups is 3. The first-order valence-electron chi connectivity index (χ1n) is 11.3. The maximum atomic E-state index is 13.7. The maximum Gasteiger partial charge on any atom is 0.268 e. The van der Waals surface area contributed by atoms with Crippen LogP contribution in [0.2, 0.25) is 0 Å². The van der Waals surface area contributed by atoms with Crippen molar-refractivity contribution in [2.75, 3.05) is 4.90 Å². The quantitative estimate of drug-likeness (QED) is 0.514. The third kappa shape index (κ3) is 3.75. The predicted molar refractivity (Wildman–Crippen MR) is 133 cm³/mol. The Morgan fingerprint density at radius 3 is 2.32 bits per heavy atom. The fourth-order valence-corrected chi connectivity index (χ4v) is 5.12. The van der Waals surface area contributed by atoms with Crippen molar-refractivity contribution < 1.29 is 14.4 Å². The van der Waals surface area contributed by atoms with Crippen LogP contribution in [0, 0.1) is 12.8 Å². The van der Waals surface area contributed by atoms with E-state index in [1.807, 2.05) is 49.4 Å². The van der Waals surface area contributed by atoms with Crippen LogP contribution in [0.3, 0.4) is 0 Å². The normalized spacial score (nSPS) is 21.8. The zero-order valence-corrected chi connectivity index (χ0v) is 20.5. The first-order valence-corrected chi connectivity index (χ1v) is 12.1. The number of fused-ring (bicyclic) bond motifs is 1. The van der Waals surface area contributed by atoms with E-state index in [4.69, 9.17) is 0 Å². The lowest BCUT2D eigenvalue weighted by molar-refractivity contribution is -0.123. The van der Waals surface area contributed by atoms with Gasteiger partial charge in [-0.2, -0.15) is 0 Å². The molecule has 3 aromatic carbocycles. The first kappa shape index (κ1) is 22.5. The van der Waals surface area contributed by atoms with E-state index in [9.17, 15) is 14.4 Å². The molecule has 2 aliphatic rings. The summed E-state index contributed by atoms with van der Waals surface area (Å²) in [4.78, 5) is 42.0. The Bertz CT molecular complexity index is 1270. The molecule has 0 radical (unpaired) electrons. The summed E-state index contributed by atoms with van der Waals surface area (Å²) in [6.45, 7) is 4.03. The van der Waals surface area contributed by atoms with Gasteiger partial charge in [0.05, 0.1) is 17.6 Å². The Hall–Kier alpha value is -3.29. The molecule has 1 N–H and O–H groups in total. The lowest BCUT2D eigenvalue weighted by Crippen LogP contribution is -2.48. The van der Waals surface area contributed by atoms with Gasteiger partial charge in [-0.3, -0.25) is 19.4 Å². The molecule has 7 heteroatoms. The number of anilines is 1. The van der Waals surface area contributed by atoms with Gasteiger partial charge in [-0.15, -0.1) is 0 Å². The number of aryl methyl sites for hydroxylation is 2. The van der Waals surface area contributed by atoms with Crippen molar-refractivity contribution in [3.8, 4) is 0 Å². The molecule has 0 bridgehead atoms. The third-order valence-corrected chi connectivity index (χ3v) is 7.06. The molecule has 3 atom stereocenters. The Labute approximate surface area is 206 Å². The van der Waals surface area contributed by atoms with Gasteiger partial charge in [0.2, 0.25) is 5.91 Å². The summed E-state index contributed by atoms with van der Waals surface area (Å²) < 4.78 is 0.760. The fraction of sp³-hybridized carbons (Fsp3) is 0.222. The zero-order chi connectivity index (χ0) is 24.0. The molecule has 2 aliphatic heterocycles. The van der Waals surface area contributed by atoms with Gasteiger partial charge in [0.1, 0.15) is 6.04 Å². The minimum atomic E-state index is -0.934. The number of rotatable bonds is 4. The number of nitrogens with zero attached hydrogens (tertiary/aromatic N) is 2. The Morgan fingerprint density at radius 1 is 0.971 bits per heavy atom. The van der Waals surface area contributed by atoms with E-state index in [0.29, 0.717) is 11.3 Å². The highest BCUT2D eigenvalue weighted by atomic mass is 79.9. The Kier molecular flexibility index (Phi) is 5.83. The average Bonchev–Trinajstić information content (AvgIpc) is 3.36. The van der Waals surface area contributed by atoms with Crippen LogP contribution in [0.25, 0.3) is 0 Å². The smallest absolute Gasteiger partial charge is 0.268 e. The second kappa shape index (κ2) is 8.81. The standard InChI is InChI=1S/C27H24BrN3O3/c1-3-17-9-11-18(12-10-17)23-22-24(31(29-23)25(32)19-5-4-6-20(28)15-19)27(34)30(26(22)33)21-13-7-16(2)8-14-21/h4-15,22-24,29H,3H2,1-2H3/t22-,23+,24-/m1/s1. The van der Waals surface area contributed by atoms with E-state index in [1.165, 1.54) is 15.5 Å². The lowest BCUT2D eigenvalue weighted by Gasteiger charge is -2.25. The van der Waals surface area contributed by atoms with Crippen molar-refractivity contribution in [2.24, 2.45) is 5.92 Å². The predicted octanol–water partition coefficient (Wildman–Crippen LogP) is 4.58. The van der Waals surface area contributed by atoms with E-state index >= 15 is 0 Å². The van der Waals surface area contributed by atoms with Crippen molar-refractivity contribution >= 4 is 39.3 Å². The number of hydrogen-bond acceptors (Lipinski definition) is 4. The third-order valence-electron chi connectivity index (χ3n) is 6.56. The van der Waals surface area contributed by atoms with E-state index in [0.717, 1.165) is 22.0 Å². The molecular formula is C27H24BrN3O3. The summed E-state index contributed by atoms with van der Waals surface area (Å²) in [5.74, 6) is -1.78. The van der Waals surface area contributed by atoms with E-state index in [2.05, 4.69) is 28.3 Å². The van der Waals surface area contributed by atoms with Crippen LogP contribution < -0.4 is 10.3 Å². The molecule has 0 aliphatic carbocycles. The van der Waals surface area contributed by atoms with Gasteiger partial charge in [0.15, 0.2) is 0 Å². The van der Waals surface area contributed by atoms with Gasteiger partial charge in [-0.05, 0) is 54.8 Å². The molecule has 3 aromatic rings. The molecular weight excluding hydrogens is 494 g/mol. The average molecular weight is 518 g/mol. The topological polar surface area (TPSA) is 69.7 Å². The molecule has 0 unspecified atom stereocenters. The number of nitrogens with one attached hydrogen (secondary N) is 1. The van der Waals surface area contributed by atoms with Crippen molar-refractivity contribution in [1.82, 2.24) is 10.4 Å². The van der Waals surface area contributed by atoms with Crippen LogP contribution in [0.5, 0.6) is 0 Å². The maximum absolute atomic E-state index is 13.7. The summed E-state index contributed by atoms with van der Waals surface area (Å²) in [5.41, 5.74) is 7.23. The largest absolute Gasteiger partial charge is 0.274 e. The van der Waals surface area contributed by atoms with Crippen LogP contribution >= 0.6 is 15.9 Å². The number of carbonyl (C=O) groups excluding carboxylic acids is 3. The highest BCUT2D eigenvalue weighted by molar-refractivity contribution is 9.10. The van der Waals surface area contributed by atoms with Gasteiger partial charge in [-0.25, -0.2) is 10.3 Å². The second-order valence-corrected chi connectivity index (χ2v) is 9.62. The second-order valence-electron chi connectivity index (χ2n) is 8.71. The summed E-state index contributed by atoms with van der Waals surface area (Å²) in [6.07, 6.45) is 0.899. The molecule has 172 valence electrons. The highest BCUT2D eigenvalue weighted by Gasteiger charge is 2.60. The number of hydrazine groups is 1. The number of imide groups is 1. The monoisotopic (exact) mass is 517 g/mol. The fourth-order valence-electron chi connectivity index (χ4n) is 4.72. The van der Waals surface area contributed by atoms with Crippen LogP contribution in [-0.4, -0.2) is 28.8 Å². The van der Waals surface area contributed by atoms with Crippen molar-refractivity contribution in [1.29, 1.82) is 0 Å². The molecule has 0 spiro atoms. The molecule has 2 fully saturated rings. The number of hydrogen-bond donors (Lipinski definition) is 1. The highest BCUT2D eigenvalue weighted by Crippen LogP contribution is 2.42. The molecule has 5 rings (SSSR count). The molecule has 34 heavy (non-hydrogen) atoms. The molecule has 2 saturated heterocycles. The number of halogens is 1. The van der Waals surface area contributed by atoms with Gasteiger partial charge in [0, 0.05) is 10.0 Å². The SMILES string of the molecule is CCc1ccc([C@@H]2NN(C(=O)c3cccc(Br)c3)[C@H]3C(=O)N(c4ccc(C)cc4)C(=O)[C@H]23)cc1. The van der Waals surface area contributed by atoms with E-state index in [-0.39, 0.29) is 11.8 Å². The summed E-state index contributed by atoms with van der Waals surface area (Å²) in [5, 5.41) is 1.35. The van der Waals surface area contributed by atoms with Crippen LogP contribution in [0.15, 0.2) is 77.3 Å². The number of amides is 3. The van der Waals surface area contributed by atoms with Crippen molar-refractivity contribution in [3.05, 3.63) is 99.5 Å². The summed E-state index contributed by atoms with van der Waals surface area (Å²) >= 11 is 3.40. The summed E-state index contributed by atoms with van der Waals surface area (Å²) in [7, 11) is 0. The van der Waals surface area contributed by atoms with Gasteiger partial charge in [0.25, 0.3) is 11.8 Å². The molecule has 0 aromatic heterocycles. The van der Waals surface area contributed by atoms with Crippen molar-refractivity contribution in [2.45, 2.75) is 32.4 Å². The van der Waals surface area contributed by atoms with Crippen LogP contribution in [-0.2, 0) is 16.0 Å². The van der Waals surface area contributed by atoms with E-state index < -0.39 is 23.9 Å². The molecule has 6 nitrogen and oxygen atoms in total. The minimum Gasteiger partial charge on any atom is -0.274 e. The van der Waals surface area contributed by atoms with Crippen molar-refractivity contribution in [3.63, 3.8) is 0 Å². The first-order chi connectivity index (χ1) is 16.4. The molecule has 3 amide bonds. The summed E-state index contributed by atoms with van der Waals surface area (Å²) in [6, 6.07) is 20.8. The minimum absolute atomic E-state index is 0.305. The lowest BCUT2D eigenvalue weighted by atomic mass is 9.90. The Balaban J connectivity index is 1.57. The van der Waals surface area contributed by atoms with Crippen LogP contribution in [0.1, 0.15) is 40.0 Å². The molecule has 2 heterocycles. The van der Waals surface area contributed by atoms with E-state index in [1.54, 1.807) is 30.3 Å². The Morgan fingerprint density at radius 2 is 1.68 bits per heavy atom. The van der Waals surface area contributed by atoms with Gasteiger partial charge < -0.3 is 0 Å². The number of benzene rings is 3.